The maximum Gasteiger partial charge on any atom is 0.328 e. The van der Waals surface area contributed by atoms with Crippen molar-refractivity contribution in [2.75, 3.05) is 19.0 Å². The number of hydrogen-bond donors (Lipinski definition) is 1. The van der Waals surface area contributed by atoms with Crippen LogP contribution in [0.15, 0.2) is 60.7 Å². The third-order valence-corrected chi connectivity index (χ3v) is 7.09. The highest BCUT2D eigenvalue weighted by molar-refractivity contribution is 6.33. The molecule has 0 aliphatic carbocycles. The zero-order valence-electron chi connectivity index (χ0n) is 22.6. The average molecular weight is 549 g/mol. The van der Waals surface area contributed by atoms with Crippen LogP contribution >= 0.6 is 11.6 Å². The zero-order chi connectivity index (χ0) is 28.1. The lowest BCUT2D eigenvalue weighted by molar-refractivity contribution is -0.147. The fraction of sp³-hybridized carbons (Fsp3) is 0.323. The Bertz CT molecular complexity index is 1370. The molecule has 0 fully saturated rings. The first-order valence-electron chi connectivity index (χ1n) is 13.1. The lowest BCUT2D eigenvalue weighted by Crippen LogP contribution is -2.45. The van der Waals surface area contributed by atoms with Crippen LogP contribution in [0.25, 0.3) is 11.1 Å². The van der Waals surface area contributed by atoms with Crippen molar-refractivity contribution >= 4 is 35.1 Å². The first-order valence-corrected chi connectivity index (χ1v) is 13.5. The normalized spacial score (nSPS) is 13.3. The second-order valence-corrected chi connectivity index (χ2v) is 10.3. The van der Waals surface area contributed by atoms with E-state index >= 15 is 0 Å². The van der Waals surface area contributed by atoms with E-state index in [4.69, 9.17) is 21.1 Å². The molecular weight excluding hydrogens is 516 g/mol. The van der Waals surface area contributed by atoms with Gasteiger partial charge in [0.25, 0.3) is 11.8 Å². The quantitative estimate of drug-likeness (QED) is 0.228. The van der Waals surface area contributed by atoms with Crippen LogP contribution in [-0.4, -0.2) is 42.4 Å². The number of fused-ring (bicyclic) bond motifs is 1. The molecule has 0 radical (unpaired) electrons. The summed E-state index contributed by atoms with van der Waals surface area (Å²) in [5, 5.41) is 3.31. The summed E-state index contributed by atoms with van der Waals surface area (Å²) >= 11 is 6.62. The topological polar surface area (TPSA) is 84.9 Å². The van der Waals surface area contributed by atoms with Gasteiger partial charge in [0, 0.05) is 28.9 Å². The van der Waals surface area contributed by atoms with Gasteiger partial charge in [-0.25, -0.2) is 4.79 Å². The third-order valence-electron chi connectivity index (χ3n) is 6.77. The molecule has 204 valence electrons. The highest BCUT2D eigenvalue weighted by Gasteiger charge is 2.38. The Morgan fingerprint density at radius 3 is 2.41 bits per heavy atom. The van der Waals surface area contributed by atoms with Crippen LogP contribution in [0.5, 0.6) is 5.75 Å². The van der Waals surface area contributed by atoms with Crippen molar-refractivity contribution in [3.8, 4) is 16.9 Å². The number of ether oxygens (including phenoxy) is 2. The molecule has 0 aromatic heterocycles. The Kier molecular flexibility index (Phi) is 8.92. The molecule has 0 saturated carbocycles. The molecular formula is C31H33ClN2O5. The van der Waals surface area contributed by atoms with Gasteiger partial charge in [-0.15, -0.1) is 0 Å². The van der Waals surface area contributed by atoms with Gasteiger partial charge in [-0.2, -0.15) is 0 Å². The van der Waals surface area contributed by atoms with E-state index in [0.717, 1.165) is 35.3 Å². The monoisotopic (exact) mass is 548 g/mol. The predicted molar refractivity (Wildman–Crippen MR) is 152 cm³/mol. The molecule has 1 aliphatic rings. The van der Waals surface area contributed by atoms with E-state index < -0.39 is 12.0 Å². The number of amides is 2. The first-order chi connectivity index (χ1) is 18.7. The van der Waals surface area contributed by atoms with Gasteiger partial charge < -0.3 is 19.7 Å². The summed E-state index contributed by atoms with van der Waals surface area (Å²) in [5.74, 6) is -0.258. The van der Waals surface area contributed by atoms with Crippen molar-refractivity contribution in [3.05, 3.63) is 82.4 Å². The van der Waals surface area contributed by atoms with Crippen LogP contribution in [0.4, 0.5) is 5.69 Å². The standard InChI is InChI=1S/C31H33ClN2O5/c1-5-6-15-39-24-12-9-20(10-13-24)29(35)33-23-11-14-25(27(32)17-23)21-7-8-22-18-34(30(36)26(22)16-21)28(19(2)3)31(37)38-4/h7-14,16-17,19,28H,5-6,15,18H2,1-4H3,(H,33,35)/t28-/m0/s1. The van der Waals surface area contributed by atoms with Crippen LogP contribution < -0.4 is 10.1 Å². The van der Waals surface area contributed by atoms with Gasteiger partial charge in [0.1, 0.15) is 11.8 Å². The molecule has 0 bridgehead atoms. The number of methoxy groups -OCH3 is 1. The second kappa shape index (κ2) is 12.3. The van der Waals surface area contributed by atoms with Gasteiger partial charge in [-0.1, -0.05) is 57.0 Å². The first kappa shape index (κ1) is 28.2. The molecule has 4 rings (SSSR count). The van der Waals surface area contributed by atoms with Crippen LogP contribution in [-0.2, 0) is 16.1 Å². The number of anilines is 1. The minimum atomic E-state index is -0.658. The number of rotatable bonds is 10. The minimum Gasteiger partial charge on any atom is -0.494 e. The number of halogens is 1. The molecule has 0 saturated heterocycles. The van der Waals surface area contributed by atoms with Gasteiger partial charge in [0.15, 0.2) is 0 Å². The summed E-state index contributed by atoms with van der Waals surface area (Å²) in [6.45, 7) is 6.88. The number of hydrogen-bond acceptors (Lipinski definition) is 5. The van der Waals surface area contributed by atoms with E-state index in [-0.39, 0.29) is 17.7 Å². The molecule has 7 nitrogen and oxygen atoms in total. The lowest BCUT2D eigenvalue weighted by atomic mass is 10.00. The number of nitrogens with zero attached hydrogens (tertiary/aromatic N) is 1. The molecule has 39 heavy (non-hydrogen) atoms. The zero-order valence-corrected chi connectivity index (χ0v) is 23.4. The van der Waals surface area contributed by atoms with Gasteiger partial charge in [-0.3, -0.25) is 9.59 Å². The summed E-state index contributed by atoms with van der Waals surface area (Å²) in [7, 11) is 1.33. The fourth-order valence-corrected chi connectivity index (χ4v) is 4.95. The minimum absolute atomic E-state index is 0.0931. The van der Waals surface area contributed by atoms with Crippen molar-refractivity contribution < 1.29 is 23.9 Å². The Labute approximate surface area is 234 Å². The van der Waals surface area contributed by atoms with Crippen LogP contribution in [0.3, 0.4) is 0 Å². The molecule has 1 N–H and O–H groups in total. The van der Waals surface area contributed by atoms with E-state index in [1.54, 1.807) is 47.4 Å². The van der Waals surface area contributed by atoms with E-state index in [9.17, 15) is 14.4 Å². The highest BCUT2D eigenvalue weighted by Crippen LogP contribution is 2.35. The second-order valence-electron chi connectivity index (χ2n) is 9.89. The SMILES string of the molecule is CCCCOc1ccc(C(=O)Nc2ccc(-c3ccc4c(c3)C(=O)N([C@H](C(=O)OC)C(C)C)C4)c(Cl)c2)cc1. The van der Waals surface area contributed by atoms with Gasteiger partial charge in [0.05, 0.1) is 18.7 Å². The van der Waals surface area contributed by atoms with Gasteiger partial charge in [0.2, 0.25) is 0 Å². The van der Waals surface area contributed by atoms with Crippen molar-refractivity contribution in [1.29, 1.82) is 0 Å². The summed E-state index contributed by atoms with van der Waals surface area (Å²) in [5.41, 5.74) is 3.94. The number of esters is 1. The van der Waals surface area contributed by atoms with E-state index in [2.05, 4.69) is 12.2 Å². The molecule has 3 aromatic rings. The maximum absolute atomic E-state index is 13.3. The molecule has 2 amide bonds. The van der Waals surface area contributed by atoms with E-state index in [0.29, 0.717) is 35.0 Å². The smallest absolute Gasteiger partial charge is 0.328 e. The third kappa shape index (κ3) is 6.25. The van der Waals surface area contributed by atoms with Gasteiger partial charge in [-0.05, 0) is 65.9 Å². The summed E-state index contributed by atoms with van der Waals surface area (Å²) in [6.07, 6.45) is 2.04. The Morgan fingerprint density at radius 1 is 1.03 bits per heavy atom. The molecule has 1 aliphatic heterocycles. The fourth-order valence-electron chi connectivity index (χ4n) is 4.66. The van der Waals surface area contributed by atoms with Crippen molar-refractivity contribution in [2.24, 2.45) is 5.92 Å². The summed E-state index contributed by atoms with van der Waals surface area (Å²) < 4.78 is 10.6. The predicted octanol–water partition coefficient (Wildman–Crippen LogP) is 6.59. The number of carbonyl (C=O) groups is 3. The van der Waals surface area contributed by atoms with E-state index in [1.807, 2.05) is 32.0 Å². The van der Waals surface area contributed by atoms with E-state index in [1.165, 1.54) is 7.11 Å². The number of carbonyl (C=O) groups excluding carboxylic acids is 3. The van der Waals surface area contributed by atoms with Gasteiger partial charge >= 0.3 is 5.97 Å². The van der Waals surface area contributed by atoms with Crippen LogP contribution in [0, 0.1) is 5.92 Å². The Balaban J connectivity index is 1.48. The van der Waals surface area contributed by atoms with Crippen molar-refractivity contribution in [1.82, 2.24) is 4.90 Å². The summed E-state index contributed by atoms with van der Waals surface area (Å²) in [4.78, 5) is 39.9. The molecule has 3 aromatic carbocycles. The number of nitrogens with one attached hydrogen (secondary N) is 1. The van der Waals surface area contributed by atoms with Crippen LogP contribution in [0.1, 0.15) is 59.9 Å². The number of unbranched alkanes of at least 4 members (excludes halogenated alkanes) is 1. The average Bonchev–Trinajstić information content (AvgIpc) is 3.24. The Hall–Kier alpha value is -3.84. The molecule has 1 atom stereocenters. The van der Waals surface area contributed by atoms with Crippen molar-refractivity contribution in [3.63, 3.8) is 0 Å². The number of benzene rings is 3. The van der Waals surface area contributed by atoms with Crippen LogP contribution in [0.2, 0.25) is 5.02 Å². The molecule has 1 heterocycles. The Morgan fingerprint density at radius 2 is 1.77 bits per heavy atom. The lowest BCUT2D eigenvalue weighted by Gasteiger charge is -2.28. The highest BCUT2D eigenvalue weighted by atomic mass is 35.5. The molecule has 0 unspecified atom stereocenters. The maximum atomic E-state index is 13.3. The largest absolute Gasteiger partial charge is 0.494 e. The summed E-state index contributed by atoms with van der Waals surface area (Å²) in [6, 6.07) is 17.2. The van der Waals surface area contributed by atoms with Crippen molar-refractivity contribution in [2.45, 2.75) is 46.2 Å². The molecule has 8 heteroatoms. The molecule has 0 spiro atoms.